The molecule has 0 atom stereocenters. The Labute approximate surface area is 288 Å². The normalized spacial score (nSPS) is 16.3. The Kier molecular flexibility index (Phi) is 6.47. The van der Waals surface area contributed by atoms with Gasteiger partial charge in [0.1, 0.15) is 0 Å². The van der Waals surface area contributed by atoms with E-state index in [9.17, 15) is 0 Å². The van der Waals surface area contributed by atoms with Crippen LogP contribution in [0.3, 0.4) is 0 Å². The second-order valence-corrected chi connectivity index (χ2v) is 14.4. The number of pyridine rings is 2. The van der Waals surface area contributed by atoms with E-state index in [1.165, 1.54) is 22.9 Å². The molecule has 0 bridgehead atoms. The summed E-state index contributed by atoms with van der Waals surface area (Å²) < 4.78 is 75.8. The molecule has 0 unspecified atom stereocenters. The first-order valence-corrected chi connectivity index (χ1v) is 16.7. The predicted molar refractivity (Wildman–Crippen MR) is 180 cm³/mol. The van der Waals surface area contributed by atoms with Crippen LogP contribution in [0.5, 0.6) is 5.75 Å². The van der Waals surface area contributed by atoms with Gasteiger partial charge in [-0.25, -0.2) is 0 Å². The molecule has 0 spiro atoms. The Morgan fingerprint density at radius 2 is 1.48 bits per heavy atom. The summed E-state index contributed by atoms with van der Waals surface area (Å²) in [4.78, 5) is 8.60. The topological polar surface area (TPSA) is 35.0 Å². The van der Waals surface area contributed by atoms with E-state index in [1.54, 1.807) is 30.3 Å². The molecule has 4 aromatic carbocycles. The van der Waals surface area contributed by atoms with E-state index in [1.807, 2.05) is 36.5 Å². The third-order valence-corrected chi connectivity index (χ3v) is 9.76. The van der Waals surface area contributed by atoms with Crippen LogP contribution in [0.2, 0.25) is 13.1 Å². The van der Waals surface area contributed by atoms with E-state index < -0.39 is 28.9 Å². The molecule has 1 aliphatic rings. The summed E-state index contributed by atoms with van der Waals surface area (Å²) >= 11 is 0. The molecule has 3 nitrogen and oxygen atoms in total. The number of benzene rings is 4. The molecule has 1 radical (unpaired) electrons. The Morgan fingerprint density at radius 3 is 2.25 bits per heavy atom. The zero-order valence-electron chi connectivity index (χ0n) is 33.1. The first kappa shape index (κ1) is 21.5. The van der Waals surface area contributed by atoms with E-state index in [0.29, 0.717) is 16.7 Å². The van der Waals surface area contributed by atoms with Gasteiger partial charge in [-0.1, -0.05) is 102 Å². The molecule has 0 aliphatic carbocycles. The average molecular weight is 776 g/mol. The van der Waals surface area contributed by atoms with E-state index in [-0.39, 0.29) is 42.5 Å². The Hall–Kier alpha value is -4.15. The van der Waals surface area contributed by atoms with Crippen LogP contribution in [0.15, 0.2) is 116 Å². The van der Waals surface area contributed by atoms with Gasteiger partial charge in [-0.15, -0.1) is 47.5 Å². The Morgan fingerprint density at radius 1 is 0.705 bits per heavy atom. The monoisotopic (exact) mass is 776 g/mol. The molecule has 0 N–H and O–H groups in total. The number of hydrogen-bond donors (Lipinski definition) is 0. The van der Waals surface area contributed by atoms with Crippen LogP contribution in [0.25, 0.3) is 44.8 Å². The van der Waals surface area contributed by atoms with Crippen molar-refractivity contribution in [1.82, 2.24) is 9.97 Å². The van der Waals surface area contributed by atoms with Gasteiger partial charge in [0.05, 0.1) is 0 Å². The number of nitrogens with zero attached hydrogens (tertiary/aromatic N) is 2. The summed E-state index contributed by atoms with van der Waals surface area (Å²) in [6, 6.07) is 37.8. The second-order valence-electron chi connectivity index (χ2n) is 10.6. The van der Waals surface area contributed by atoms with E-state index in [4.69, 9.17) is 16.8 Å². The average Bonchev–Trinajstić information content (AvgIpc) is 3.11. The van der Waals surface area contributed by atoms with Crippen molar-refractivity contribution in [2.75, 3.05) is 0 Å². The molecule has 44 heavy (non-hydrogen) atoms. The van der Waals surface area contributed by atoms with E-state index >= 15 is 0 Å². The molecule has 6 aromatic rings. The molecule has 5 heteroatoms. The molecule has 7 rings (SSSR count). The van der Waals surface area contributed by atoms with Crippen LogP contribution in [0, 0.1) is 32.7 Å². The van der Waals surface area contributed by atoms with Gasteiger partial charge in [0, 0.05) is 50.6 Å². The molecule has 0 saturated carbocycles. The fourth-order valence-electron chi connectivity index (χ4n) is 5.15. The summed E-state index contributed by atoms with van der Waals surface area (Å²) in [6.07, 6.45) is 2.85. The minimum atomic E-state index is -2.65. The van der Waals surface area contributed by atoms with Crippen molar-refractivity contribution in [2.45, 2.75) is 33.6 Å². The largest absolute Gasteiger partial charge is 0.583 e. The van der Waals surface area contributed by atoms with Crippen LogP contribution < -0.4 is 9.61 Å². The molecule has 0 saturated heterocycles. The van der Waals surface area contributed by atoms with Crippen molar-refractivity contribution in [3.8, 4) is 50.5 Å². The van der Waals surface area contributed by atoms with Crippen molar-refractivity contribution in [2.24, 2.45) is 0 Å². The molecule has 221 valence electrons. The maximum atomic E-state index is 7.81. The first-order chi connectivity index (χ1) is 24.4. The Balaban J connectivity index is 0.000000209. The summed E-state index contributed by atoms with van der Waals surface area (Å²) in [7, 11) is -1.97. The van der Waals surface area contributed by atoms with Crippen LogP contribution >= 0.6 is 0 Å². The molecule has 0 amide bonds. The minimum absolute atomic E-state index is 0. The summed E-state index contributed by atoms with van der Waals surface area (Å²) in [5, 5.41) is 1.35. The number of fused-ring (bicyclic) bond motifs is 3. The van der Waals surface area contributed by atoms with Crippen molar-refractivity contribution in [3.63, 3.8) is 0 Å². The standard InChI is InChI=1S/C20H18N.C19H16NOSi.Ir/c1-14-9-10-18(20-11-15(2)16(3)13-21-20)12-19(14)17-7-5-4-6-8-17;1-22(2)18-12-4-3-8-14(18)15-9-7-10-16(19(15)21-22)17-11-5-6-13-20-17;/h4-9,11-13H,1-3H3;3-9,11-13H,1-2H3;/q2*-1;/i1D3,2D3,3D3;;. The summed E-state index contributed by atoms with van der Waals surface area (Å²) in [6.45, 7) is -3.17. The zero-order valence-corrected chi connectivity index (χ0v) is 27.5. The molecule has 2 aromatic heterocycles. The van der Waals surface area contributed by atoms with Gasteiger partial charge < -0.3 is 14.4 Å². The van der Waals surface area contributed by atoms with Crippen molar-refractivity contribution < 1.29 is 36.9 Å². The van der Waals surface area contributed by atoms with Crippen LogP contribution in [-0.4, -0.2) is 18.3 Å². The number of aromatic nitrogens is 2. The van der Waals surface area contributed by atoms with Crippen LogP contribution in [-0.2, 0) is 20.1 Å². The van der Waals surface area contributed by atoms with Gasteiger partial charge in [0.2, 0.25) is 0 Å². The predicted octanol–water partition coefficient (Wildman–Crippen LogP) is 9.16. The third-order valence-electron chi connectivity index (χ3n) is 7.31. The SMILES string of the molecule is C[Si]1(C)Oc2c(-c3ccccn3)[c-]ccc2-c2ccccc21.[2H]C([2H])([2H])c1c[c-]c(-c2cc(C([2H])([2H])[2H])c(C([2H])([2H])[2H])cn2)cc1-c1ccccc1.[Ir]. The van der Waals surface area contributed by atoms with Crippen LogP contribution in [0.4, 0.5) is 0 Å². The van der Waals surface area contributed by atoms with Gasteiger partial charge in [-0.2, -0.15) is 0 Å². The fraction of sp³-hybridized carbons (Fsp3) is 0.128. The fourth-order valence-corrected chi connectivity index (χ4v) is 7.35. The number of hydrogen-bond acceptors (Lipinski definition) is 3. The van der Waals surface area contributed by atoms with Gasteiger partial charge in [-0.05, 0) is 66.1 Å². The molecular weight excluding hydrogens is 733 g/mol. The quantitative estimate of drug-likeness (QED) is 0.133. The third kappa shape index (κ3) is 6.37. The zero-order chi connectivity index (χ0) is 37.5. The van der Waals surface area contributed by atoms with Gasteiger partial charge in [0.25, 0.3) is 8.32 Å². The number of rotatable bonds is 3. The minimum Gasteiger partial charge on any atom is -0.583 e. The molecule has 0 fully saturated rings. The van der Waals surface area contributed by atoms with Gasteiger partial charge in [0.15, 0.2) is 0 Å². The molecular formula is C39H34IrN2OSi-2. The summed E-state index contributed by atoms with van der Waals surface area (Å²) in [5.41, 5.74) is 5.41. The van der Waals surface area contributed by atoms with Crippen molar-refractivity contribution >= 4 is 13.5 Å². The van der Waals surface area contributed by atoms with E-state index in [2.05, 4.69) is 65.5 Å². The van der Waals surface area contributed by atoms with E-state index in [0.717, 1.165) is 28.8 Å². The van der Waals surface area contributed by atoms with Crippen molar-refractivity contribution in [1.29, 1.82) is 0 Å². The van der Waals surface area contributed by atoms with Crippen LogP contribution in [0.1, 0.15) is 29.0 Å². The van der Waals surface area contributed by atoms with Gasteiger partial charge in [-0.3, -0.25) is 0 Å². The first-order valence-electron chi connectivity index (χ1n) is 18.3. The van der Waals surface area contributed by atoms with Crippen molar-refractivity contribution in [3.05, 3.63) is 144 Å². The maximum absolute atomic E-state index is 7.81. The molecule has 3 heterocycles. The summed E-state index contributed by atoms with van der Waals surface area (Å²) in [5.74, 6) is 0.927. The number of aryl methyl sites for hydroxylation is 3. The smallest absolute Gasteiger partial charge is 0.264 e. The maximum Gasteiger partial charge on any atom is 0.264 e. The van der Waals surface area contributed by atoms with Gasteiger partial charge >= 0.3 is 0 Å². The molecule has 1 aliphatic heterocycles. The second kappa shape index (κ2) is 13.2. The Bertz CT molecular complexity index is 2210.